The molecule has 44 heavy (non-hydrogen) atoms. The van der Waals surface area contributed by atoms with Gasteiger partial charge < -0.3 is 19.9 Å². The van der Waals surface area contributed by atoms with Crippen LogP contribution in [0.4, 0.5) is 0 Å². The minimum absolute atomic E-state index is 0.0703. The fourth-order valence-corrected chi connectivity index (χ4v) is 7.27. The summed E-state index contributed by atoms with van der Waals surface area (Å²) in [5.74, 6) is -2.40. The van der Waals surface area contributed by atoms with Crippen molar-refractivity contribution >= 4 is 48.2 Å². The predicted octanol–water partition coefficient (Wildman–Crippen LogP) is 5.61. The molecular weight excluding hydrogens is 583 g/mol. The molecule has 3 heterocycles. The number of hydrogen-bond donors (Lipinski definition) is 3. The van der Waals surface area contributed by atoms with E-state index in [4.69, 9.17) is 21.4 Å². The number of carboxylic acid groups (broad SMARTS) is 1. The quantitative estimate of drug-likeness (QED) is 0.120. The third-order valence-electron chi connectivity index (χ3n) is 9.08. The monoisotopic (exact) mass is 620 g/mol. The van der Waals surface area contributed by atoms with Crippen molar-refractivity contribution in [3.05, 3.63) is 70.0 Å². The topological polar surface area (TPSA) is 137 Å². The molecule has 9 nitrogen and oxygen atoms in total. The van der Waals surface area contributed by atoms with Crippen LogP contribution in [-0.2, 0) is 19.0 Å². The second-order valence-corrected chi connectivity index (χ2v) is 12.2. The number of imide groups is 1. The summed E-state index contributed by atoms with van der Waals surface area (Å²) in [5, 5.41) is 30.0. The molecule has 1 aliphatic carbocycles. The van der Waals surface area contributed by atoms with Crippen LogP contribution < -0.4 is 0 Å². The standard InChI is InChI=1S/C33H38BClN2O7/c1-2-20-17-24-31(33(42)37(32(24)41)15-7-3-4-9-29(39)40)25-19-34(43)44-28(30(20)25)13-11-22(27-8-5-6-14-36-27)16-21-10-12-23(38)18-26(21)35/h5-6,8,10,12,14,16,18,24-25,28,31,38,43H,2-4,7,9,11,13,15,17,19H2,1H3,(H,39,40)/b22-16-/t24-,25+,28-,31-/m1/s1. The molecule has 2 aliphatic heterocycles. The molecular formula is C33H38BClN2O7. The number of likely N-dealkylation sites (tertiary alicyclic amines) is 1. The van der Waals surface area contributed by atoms with Crippen molar-refractivity contribution in [2.45, 2.75) is 70.7 Å². The Balaban J connectivity index is 1.38. The van der Waals surface area contributed by atoms with Crippen LogP contribution >= 0.6 is 11.6 Å². The first-order valence-electron chi connectivity index (χ1n) is 15.4. The maximum atomic E-state index is 13.7. The van der Waals surface area contributed by atoms with Crippen molar-refractivity contribution in [2.24, 2.45) is 17.8 Å². The van der Waals surface area contributed by atoms with Crippen molar-refractivity contribution in [3.63, 3.8) is 0 Å². The Morgan fingerprint density at radius 1 is 1.14 bits per heavy atom. The number of benzene rings is 1. The van der Waals surface area contributed by atoms with Gasteiger partial charge in [0, 0.05) is 19.2 Å². The van der Waals surface area contributed by atoms with E-state index in [2.05, 4.69) is 11.9 Å². The van der Waals surface area contributed by atoms with Crippen molar-refractivity contribution in [1.29, 1.82) is 0 Å². The molecule has 4 atom stereocenters. The van der Waals surface area contributed by atoms with Crippen LogP contribution in [0.3, 0.4) is 0 Å². The lowest BCUT2D eigenvalue weighted by molar-refractivity contribution is -0.141. The lowest BCUT2D eigenvalue weighted by Crippen LogP contribution is -2.46. The Kier molecular flexibility index (Phi) is 10.2. The van der Waals surface area contributed by atoms with Gasteiger partial charge in [0.25, 0.3) is 0 Å². The fourth-order valence-electron chi connectivity index (χ4n) is 7.05. The number of carbonyl (C=O) groups excluding carboxylic acids is 2. The van der Waals surface area contributed by atoms with Gasteiger partial charge in [0.15, 0.2) is 0 Å². The number of carboxylic acids is 1. The molecule has 2 amide bonds. The van der Waals surface area contributed by atoms with Crippen LogP contribution in [0.1, 0.15) is 69.5 Å². The molecule has 0 spiro atoms. The summed E-state index contributed by atoms with van der Waals surface area (Å²) in [6.45, 7) is 2.34. The molecule has 232 valence electrons. The first kappa shape index (κ1) is 31.9. The van der Waals surface area contributed by atoms with Gasteiger partial charge >= 0.3 is 13.1 Å². The van der Waals surface area contributed by atoms with Crippen molar-refractivity contribution in [3.8, 4) is 5.75 Å². The Morgan fingerprint density at radius 2 is 1.95 bits per heavy atom. The maximum Gasteiger partial charge on any atom is 0.455 e. The first-order valence-corrected chi connectivity index (χ1v) is 15.8. The van der Waals surface area contributed by atoms with Crippen molar-refractivity contribution < 1.29 is 34.3 Å². The van der Waals surface area contributed by atoms with E-state index in [1.54, 1.807) is 18.3 Å². The number of nitrogens with zero attached hydrogens (tertiary/aromatic N) is 2. The predicted molar refractivity (Wildman–Crippen MR) is 167 cm³/mol. The number of fused-ring (bicyclic) bond motifs is 3. The maximum absolute atomic E-state index is 13.7. The first-order chi connectivity index (χ1) is 21.2. The number of pyridine rings is 1. The molecule has 0 radical (unpaired) electrons. The minimum atomic E-state index is -1.06. The Morgan fingerprint density at radius 3 is 2.66 bits per heavy atom. The largest absolute Gasteiger partial charge is 0.508 e. The number of aliphatic carboxylic acids is 1. The second-order valence-electron chi connectivity index (χ2n) is 11.8. The number of phenolic OH excluding ortho intramolecular Hbond substituents is 1. The average Bonchev–Trinajstić information content (AvgIpc) is 3.24. The number of halogens is 1. The molecule has 1 aromatic heterocycles. The lowest BCUT2D eigenvalue weighted by atomic mass is 9.58. The minimum Gasteiger partial charge on any atom is -0.508 e. The SMILES string of the molecule is CCC1=C2[C@@H](CC/C(=C/c3ccc(O)cc3Cl)c3ccccn3)OB(O)C[C@@H]2[C@@H]2C(=O)N(CCCCCC(=O)O)C(=O)[C@@H]2C1. The molecule has 0 unspecified atom stereocenters. The number of aromatic hydroxyl groups is 1. The second kappa shape index (κ2) is 14.1. The number of carbonyl (C=O) groups is 3. The highest BCUT2D eigenvalue weighted by Crippen LogP contribution is 2.51. The summed E-state index contributed by atoms with van der Waals surface area (Å²) >= 11 is 6.43. The van der Waals surface area contributed by atoms with E-state index in [9.17, 15) is 24.5 Å². The van der Waals surface area contributed by atoms with Gasteiger partial charge in [0.1, 0.15) is 5.75 Å². The summed E-state index contributed by atoms with van der Waals surface area (Å²) in [6.07, 6.45) is 7.54. The molecule has 1 aromatic carbocycles. The van der Waals surface area contributed by atoms with Gasteiger partial charge in [-0.1, -0.05) is 36.6 Å². The molecule has 3 N–H and O–H groups in total. The number of allylic oxidation sites excluding steroid dienone is 2. The number of aromatic nitrogens is 1. The number of rotatable bonds is 12. The Bertz CT molecular complexity index is 1460. The molecule has 5 rings (SSSR count). The zero-order valence-electron chi connectivity index (χ0n) is 24.8. The van der Waals surface area contributed by atoms with Crippen LogP contribution in [0.15, 0.2) is 53.7 Å². The van der Waals surface area contributed by atoms with Crippen LogP contribution in [-0.4, -0.2) is 62.7 Å². The molecule has 0 saturated carbocycles. The molecule has 2 fully saturated rings. The number of phenols is 1. The van der Waals surface area contributed by atoms with E-state index < -0.39 is 31.0 Å². The summed E-state index contributed by atoms with van der Waals surface area (Å²) in [6, 6.07) is 10.5. The molecule has 11 heteroatoms. The van der Waals surface area contributed by atoms with Crippen LogP contribution in [0, 0.1) is 17.8 Å². The van der Waals surface area contributed by atoms with Gasteiger partial charge in [-0.3, -0.25) is 24.3 Å². The van der Waals surface area contributed by atoms with Gasteiger partial charge in [-0.2, -0.15) is 0 Å². The van der Waals surface area contributed by atoms with Gasteiger partial charge in [0.05, 0.1) is 28.7 Å². The summed E-state index contributed by atoms with van der Waals surface area (Å²) < 4.78 is 6.15. The third-order valence-corrected chi connectivity index (χ3v) is 9.41. The molecule has 3 aliphatic rings. The normalized spacial score (nSPS) is 23.7. The Hall–Kier alpha value is -3.47. The van der Waals surface area contributed by atoms with Gasteiger partial charge in [-0.25, -0.2) is 0 Å². The summed E-state index contributed by atoms with van der Waals surface area (Å²) in [5.41, 5.74) is 4.56. The van der Waals surface area contributed by atoms with Crippen LogP contribution in [0.5, 0.6) is 5.75 Å². The molecule has 2 saturated heterocycles. The number of amides is 2. The Labute approximate surface area is 262 Å². The summed E-state index contributed by atoms with van der Waals surface area (Å²) in [7, 11) is -1.06. The molecule has 2 aromatic rings. The van der Waals surface area contributed by atoms with E-state index in [-0.39, 0.29) is 42.8 Å². The van der Waals surface area contributed by atoms with Crippen molar-refractivity contribution in [1.82, 2.24) is 9.88 Å². The molecule has 0 bridgehead atoms. The fraction of sp³-hybridized carbons (Fsp3) is 0.455. The number of hydrogen-bond acceptors (Lipinski definition) is 7. The smallest absolute Gasteiger partial charge is 0.455 e. The zero-order valence-corrected chi connectivity index (χ0v) is 25.6. The van der Waals surface area contributed by atoms with Crippen molar-refractivity contribution in [2.75, 3.05) is 6.54 Å². The third kappa shape index (κ3) is 6.93. The highest BCUT2D eigenvalue weighted by atomic mass is 35.5. The van der Waals surface area contributed by atoms with Gasteiger partial charge in [-0.15, -0.1) is 0 Å². The lowest BCUT2D eigenvalue weighted by Gasteiger charge is -2.43. The van der Waals surface area contributed by atoms with E-state index in [1.807, 2.05) is 24.3 Å². The van der Waals surface area contributed by atoms with Gasteiger partial charge in [-0.05, 0) is 104 Å². The average molecular weight is 621 g/mol. The van der Waals surface area contributed by atoms with E-state index in [0.29, 0.717) is 50.0 Å². The van der Waals surface area contributed by atoms with Gasteiger partial charge in [0.2, 0.25) is 11.8 Å². The van der Waals surface area contributed by atoms with E-state index in [1.165, 1.54) is 11.0 Å². The highest BCUT2D eigenvalue weighted by Gasteiger charge is 2.56. The van der Waals surface area contributed by atoms with Crippen LogP contribution in [0.25, 0.3) is 11.6 Å². The number of unbranched alkanes of at least 4 members (excludes halogenated alkanes) is 2. The van der Waals surface area contributed by atoms with E-state index in [0.717, 1.165) is 28.0 Å². The van der Waals surface area contributed by atoms with Crippen LogP contribution in [0.2, 0.25) is 11.3 Å². The highest BCUT2D eigenvalue weighted by molar-refractivity contribution is 6.43. The zero-order chi connectivity index (χ0) is 31.4. The summed E-state index contributed by atoms with van der Waals surface area (Å²) in [4.78, 5) is 43.9. The van der Waals surface area contributed by atoms with E-state index >= 15 is 0 Å².